The molecule has 1 aromatic heterocycles. The van der Waals surface area contributed by atoms with Crippen molar-refractivity contribution in [2.45, 2.75) is 32.5 Å². The van der Waals surface area contributed by atoms with Crippen LogP contribution in [-0.2, 0) is 6.54 Å². The Hall–Kier alpha value is -2.80. The van der Waals surface area contributed by atoms with Gasteiger partial charge in [0.15, 0.2) is 0 Å². The Balaban J connectivity index is 1.87. The third kappa shape index (κ3) is 6.45. The van der Waals surface area contributed by atoms with Gasteiger partial charge in [0.25, 0.3) is 5.91 Å². The van der Waals surface area contributed by atoms with Crippen LogP contribution in [0.15, 0.2) is 47.1 Å². The Morgan fingerprint density at radius 3 is 2.33 bits per heavy atom. The Kier molecular flexibility index (Phi) is 7.43. The number of likely N-dealkylation sites (N-methyl/N-ethyl adjacent to an activating group) is 1. The van der Waals surface area contributed by atoms with Crippen LogP contribution >= 0.6 is 0 Å². The Morgan fingerprint density at radius 1 is 1.07 bits per heavy atom. The van der Waals surface area contributed by atoms with Crippen LogP contribution in [0.2, 0.25) is 0 Å². The van der Waals surface area contributed by atoms with E-state index in [1.54, 1.807) is 18.4 Å². The fourth-order valence-electron chi connectivity index (χ4n) is 2.58. The van der Waals surface area contributed by atoms with Crippen molar-refractivity contribution in [3.05, 3.63) is 59.5 Å². The summed E-state index contributed by atoms with van der Waals surface area (Å²) in [7, 11) is 3.88. The van der Waals surface area contributed by atoms with Crippen LogP contribution in [0.4, 0.5) is 4.79 Å². The van der Waals surface area contributed by atoms with Gasteiger partial charge in [-0.25, -0.2) is 4.79 Å². The van der Waals surface area contributed by atoms with E-state index in [1.807, 2.05) is 57.1 Å². The van der Waals surface area contributed by atoms with Crippen molar-refractivity contribution in [1.29, 1.82) is 0 Å². The summed E-state index contributed by atoms with van der Waals surface area (Å²) in [6, 6.07) is 10.8. The highest BCUT2D eigenvalue weighted by Gasteiger charge is 2.18. The second-order valence-electron chi connectivity index (χ2n) is 6.88. The molecule has 2 rings (SSSR count). The van der Waals surface area contributed by atoms with Gasteiger partial charge in [0.1, 0.15) is 5.76 Å². The number of carbonyl (C=O) groups is 2. The van der Waals surface area contributed by atoms with Crippen LogP contribution in [0.25, 0.3) is 0 Å². The predicted octanol–water partition coefficient (Wildman–Crippen LogP) is 2.52. The van der Waals surface area contributed by atoms with E-state index < -0.39 is 0 Å². The summed E-state index contributed by atoms with van der Waals surface area (Å²) in [5, 5.41) is 8.48. The van der Waals surface area contributed by atoms with E-state index in [4.69, 9.17) is 4.42 Å². The van der Waals surface area contributed by atoms with Gasteiger partial charge in [0.2, 0.25) is 0 Å². The molecule has 0 unspecified atom stereocenters. The number of hydrogen-bond acceptors (Lipinski definition) is 4. The van der Waals surface area contributed by atoms with E-state index in [0.717, 1.165) is 11.3 Å². The third-order valence-corrected chi connectivity index (χ3v) is 4.04. The maximum absolute atomic E-state index is 12.4. The largest absolute Gasteiger partial charge is 0.468 e. The number of amides is 3. The molecular formula is C20H28N4O3. The van der Waals surface area contributed by atoms with Crippen LogP contribution in [0.5, 0.6) is 0 Å². The lowest BCUT2D eigenvalue weighted by molar-refractivity contribution is 0.0939. The first kappa shape index (κ1) is 20.5. The lowest BCUT2D eigenvalue weighted by Gasteiger charge is -2.22. The molecule has 0 saturated heterocycles. The molecule has 0 saturated carbocycles. The summed E-state index contributed by atoms with van der Waals surface area (Å²) in [6.07, 6.45) is 1.63. The number of carbonyl (C=O) groups excluding carboxylic acids is 2. The topological polar surface area (TPSA) is 86.6 Å². The van der Waals surface area contributed by atoms with E-state index >= 15 is 0 Å². The van der Waals surface area contributed by atoms with Gasteiger partial charge < -0.3 is 20.4 Å². The molecule has 1 heterocycles. The molecule has 1 atom stereocenters. The number of hydrogen-bond donors (Lipinski definition) is 3. The number of urea groups is 1. The SMILES string of the molecule is CC(C)NC(=O)NCc1ccc(C(=O)NC[C@H](c2ccco2)N(C)C)cc1. The van der Waals surface area contributed by atoms with E-state index in [9.17, 15) is 9.59 Å². The normalized spacial score (nSPS) is 12.1. The Labute approximate surface area is 160 Å². The first-order valence-corrected chi connectivity index (χ1v) is 8.98. The molecule has 0 fully saturated rings. The summed E-state index contributed by atoms with van der Waals surface area (Å²) < 4.78 is 5.45. The number of rotatable bonds is 8. The monoisotopic (exact) mass is 372 g/mol. The number of nitrogens with one attached hydrogen (secondary N) is 3. The van der Waals surface area contributed by atoms with Crippen LogP contribution in [0.3, 0.4) is 0 Å². The quantitative estimate of drug-likeness (QED) is 0.665. The van der Waals surface area contributed by atoms with E-state index in [0.29, 0.717) is 18.7 Å². The van der Waals surface area contributed by atoms with Crippen molar-refractivity contribution in [2.75, 3.05) is 20.6 Å². The summed E-state index contributed by atoms with van der Waals surface area (Å²) in [5.41, 5.74) is 1.49. The van der Waals surface area contributed by atoms with Crippen LogP contribution in [0.1, 0.15) is 41.6 Å². The molecule has 0 bridgehead atoms. The molecule has 0 aliphatic rings. The highest BCUT2D eigenvalue weighted by atomic mass is 16.3. The molecular weight excluding hydrogens is 344 g/mol. The number of furan rings is 1. The Morgan fingerprint density at radius 2 is 1.78 bits per heavy atom. The molecule has 3 N–H and O–H groups in total. The smallest absolute Gasteiger partial charge is 0.315 e. The van der Waals surface area contributed by atoms with Gasteiger partial charge in [0, 0.05) is 24.7 Å². The van der Waals surface area contributed by atoms with Crippen LogP contribution < -0.4 is 16.0 Å². The minimum atomic E-state index is -0.209. The molecule has 0 radical (unpaired) electrons. The molecule has 0 aliphatic carbocycles. The maximum Gasteiger partial charge on any atom is 0.315 e. The molecule has 7 nitrogen and oxygen atoms in total. The van der Waals surface area contributed by atoms with Crippen molar-refractivity contribution in [2.24, 2.45) is 0 Å². The molecule has 0 spiro atoms. The fraction of sp³-hybridized carbons (Fsp3) is 0.400. The van der Waals surface area contributed by atoms with Crippen molar-refractivity contribution in [3.8, 4) is 0 Å². The van der Waals surface area contributed by atoms with Gasteiger partial charge in [-0.2, -0.15) is 0 Å². The van der Waals surface area contributed by atoms with Crippen molar-refractivity contribution >= 4 is 11.9 Å². The lowest BCUT2D eigenvalue weighted by Crippen LogP contribution is -2.39. The van der Waals surface area contributed by atoms with Gasteiger partial charge in [-0.15, -0.1) is 0 Å². The van der Waals surface area contributed by atoms with Crippen LogP contribution in [0, 0.1) is 0 Å². The van der Waals surface area contributed by atoms with Crippen molar-refractivity contribution in [1.82, 2.24) is 20.9 Å². The average Bonchev–Trinajstić information content (AvgIpc) is 3.14. The van der Waals surface area contributed by atoms with Crippen molar-refractivity contribution in [3.63, 3.8) is 0 Å². The first-order valence-electron chi connectivity index (χ1n) is 8.98. The molecule has 146 valence electrons. The highest BCUT2D eigenvalue weighted by molar-refractivity contribution is 5.94. The van der Waals surface area contributed by atoms with Crippen LogP contribution in [-0.4, -0.2) is 43.5 Å². The lowest BCUT2D eigenvalue weighted by atomic mass is 10.1. The first-order chi connectivity index (χ1) is 12.9. The molecule has 27 heavy (non-hydrogen) atoms. The minimum Gasteiger partial charge on any atom is -0.468 e. The third-order valence-electron chi connectivity index (χ3n) is 4.04. The number of nitrogens with zero attached hydrogens (tertiary/aromatic N) is 1. The molecule has 1 aromatic carbocycles. The second-order valence-corrected chi connectivity index (χ2v) is 6.88. The molecule has 2 aromatic rings. The van der Waals surface area contributed by atoms with Gasteiger partial charge in [-0.1, -0.05) is 12.1 Å². The molecule has 7 heteroatoms. The predicted molar refractivity (Wildman–Crippen MR) is 104 cm³/mol. The van der Waals surface area contributed by atoms with Gasteiger partial charge in [-0.3, -0.25) is 9.69 Å². The fourth-order valence-corrected chi connectivity index (χ4v) is 2.58. The Bertz CT molecular complexity index is 724. The highest BCUT2D eigenvalue weighted by Crippen LogP contribution is 2.17. The average molecular weight is 372 g/mol. The summed E-state index contributed by atoms with van der Waals surface area (Å²) in [5.74, 6) is 0.659. The zero-order valence-corrected chi connectivity index (χ0v) is 16.3. The number of benzene rings is 1. The minimum absolute atomic E-state index is 0.0353. The summed E-state index contributed by atoms with van der Waals surface area (Å²) in [6.45, 7) is 4.65. The second kappa shape index (κ2) is 9.78. The zero-order valence-electron chi connectivity index (χ0n) is 16.3. The zero-order chi connectivity index (χ0) is 19.8. The molecule has 0 aliphatic heterocycles. The van der Waals surface area contributed by atoms with Gasteiger partial charge >= 0.3 is 6.03 Å². The van der Waals surface area contributed by atoms with Gasteiger partial charge in [0.05, 0.1) is 12.3 Å². The maximum atomic E-state index is 12.4. The summed E-state index contributed by atoms with van der Waals surface area (Å²) >= 11 is 0. The van der Waals surface area contributed by atoms with E-state index in [-0.39, 0.29) is 24.0 Å². The van der Waals surface area contributed by atoms with E-state index in [1.165, 1.54) is 0 Å². The standard InChI is InChI=1S/C20H28N4O3/c1-14(2)23-20(26)22-12-15-7-9-16(10-8-15)19(25)21-13-17(24(3)4)18-6-5-11-27-18/h5-11,14,17H,12-13H2,1-4H3,(H,21,25)(H2,22,23,26)/t17-/m1/s1. The molecule has 3 amide bonds. The van der Waals surface area contributed by atoms with Crippen molar-refractivity contribution < 1.29 is 14.0 Å². The van der Waals surface area contributed by atoms with Gasteiger partial charge in [-0.05, 0) is 57.8 Å². The summed E-state index contributed by atoms with van der Waals surface area (Å²) in [4.78, 5) is 26.0. The van der Waals surface area contributed by atoms with E-state index in [2.05, 4.69) is 16.0 Å².